The van der Waals surface area contributed by atoms with E-state index in [1.54, 1.807) is 0 Å². The molecule has 0 N–H and O–H groups in total. The van der Waals surface area contributed by atoms with Crippen LogP contribution in [0.1, 0.15) is 13.3 Å². The Labute approximate surface area is 275 Å². The van der Waals surface area contributed by atoms with Crippen molar-refractivity contribution in [1.29, 1.82) is 0 Å². The number of aromatic nitrogens is 1. The highest BCUT2D eigenvalue weighted by molar-refractivity contribution is 6.21. The van der Waals surface area contributed by atoms with Crippen molar-refractivity contribution in [1.82, 2.24) is 4.57 Å². The standard InChI is InChI=1S/C45H34N2/c1-45(29-12-3-13-30-45)47-43-23-11-10-21-38(43)41-31-40(37-20-8-9-22-39(37)44(41)47)33-25-27-35(28-26-33)46(34-17-4-2-5-18-34)42-24-14-16-32-15-6-7-19-36(32)42/h2-29,31H,30H2,1H3. The Kier molecular flexibility index (Phi) is 6.36. The highest BCUT2D eigenvalue weighted by atomic mass is 15.1. The van der Waals surface area contributed by atoms with Gasteiger partial charge in [0, 0.05) is 38.4 Å². The number of hydrogen-bond acceptors (Lipinski definition) is 1. The van der Waals surface area contributed by atoms with Crippen LogP contribution in [0, 0.1) is 0 Å². The molecular formula is C45H34N2. The van der Waals surface area contributed by atoms with E-state index in [-0.39, 0.29) is 5.54 Å². The average molecular weight is 603 g/mol. The molecule has 0 saturated heterocycles. The molecular weight excluding hydrogens is 569 g/mol. The van der Waals surface area contributed by atoms with Gasteiger partial charge in [0.1, 0.15) is 0 Å². The molecule has 0 aliphatic heterocycles. The molecule has 7 aromatic carbocycles. The molecule has 0 saturated carbocycles. The average Bonchev–Trinajstić information content (AvgIpc) is 3.48. The second kappa shape index (κ2) is 10.9. The Balaban J connectivity index is 1.25. The third-order valence-electron chi connectivity index (χ3n) is 9.88. The van der Waals surface area contributed by atoms with E-state index in [1.165, 1.54) is 60.2 Å². The number of benzene rings is 7. The van der Waals surface area contributed by atoms with Crippen LogP contribution in [-0.2, 0) is 5.54 Å². The summed E-state index contributed by atoms with van der Waals surface area (Å²) < 4.78 is 2.58. The van der Waals surface area contributed by atoms with Crippen molar-refractivity contribution in [2.45, 2.75) is 18.9 Å². The summed E-state index contributed by atoms with van der Waals surface area (Å²) in [5, 5.41) is 7.60. The monoisotopic (exact) mass is 602 g/mol. The smallest absolute Gasteiger partial charge is 0.0643 e. The van der Waals surface area contributed by atoms with Gasteiger partial charge in [-0.05, 0) is 77.7 Å². The molecule has 9 rings (SSSR count). The van der Waals surface area contributed by atoms with Gasteiger partial charge in [-0.15, -0.1) is 0 Å². The molecule has 0 amide bonds. The fraction of sp³-hybridized carbons (Fsp3) is 0.0667. The molecule has 0 fully saturated rings. The summed E-state index contributed by atoms with van der Waals surface area (Å²) in [6.45, 7) is 2.36. The summed E-state index contributed by atoms with van der Waals surface area (Å²) in [5.74, 6) is 0. The molecule has 2 heteroatoms. The fourth-order valence-corrected chi connectivity index (χ4v) is 7.67. The first-order valence-corrected chi connectivity index (χ1v) is 16.4. The predicted molar refractivity (Wildman–Crippen MR) is 201 cm³/mol. The summed E-state index contributed by atoms with van der Waals surface area (Å²) in [7, 11) is 0. The van der Waals surface area contributed by atoms with Crippen LogP contribution >= 0.6 is 0 Å². The van der Waals surface area contributed by atoms with Crippen LogP contribution < -0.4 is 4.90 Å². The zero-order chi connectivity index (χ0) is 31.4. The van der Waals surface area contributed by atoms with Crippen LogP contribution in [0.25, 0.3) is 54.5 Å². The quantitative estimate of drug-likeness (QED) is 0.190. The van der Waals surface area contributed by atoms with Gasteiger partial charge in [0.25, 0.3) is 0 Å². The zero-order valence-corrected chi connectivity index (χ0v) is 26.3. The van der Waals surface area contributed by atoms with E-state index in [0.29, 0.717) is 0 Å². The third kappa shape index (κ3) is 4.40. The molecule has 1 atom stereocenters. The van der Waals surface area contributed by atoms with Crippen LogP contribution in [0.15, 0.2) is 176 Å². The van der Waals surface area contributed by atoms with Gasteiger partial charge in [0.15, 0.2) is 0 Å². The zero-order valence-electron chi connectivity index (χ0n) is 26.3. The van der Waals surface area contributed by atoms with Crippen molar-refractivity contribution in [2.75, 3.05) is 4.90 Å². The van der Waals surface area contributed by atoms with E-state index in [1.807, 2.05) is 0 Å². The molecule has 1 aromatic heterocycles. The first-order chi connectivity index (χ1) is 23.2. The Morgan fingerprint density at radius 3 is 2.00 bits per heavy atom. The van der Waals surface area contributed by atoms with Gasteiger partial charge >= 0.3 is 0 Å². The maximum atomic E-state index is 2.58. The van der Waals surface area contributed by atoms with Crippen molar-refractivity contribution in [3.8, 4) is 11.1 Å². The van der Waals surface area contributed by atoms with Crippen molar-refractivity contribution in [2.24, 2.45) is 0 Å². The number of anilines is 3. The molecule has 8 aromatic rings. The van der Waals surface area contributed by atoms with Crippen molar-refractivity contribution >= 4 is 60.4 Å². The van der Waals surface area contributed by atoms with Crippen molar-refractivity contribution < 1.29 is 0 Å². The third-order valence-corrected chi connectivity index (χ3v) is 9.88. The molecule has 0 bridgehead atoms. The molecule has 1 aliphatic rings. The minimum Gasteiger partial charge on any atom is -0.330 e. The van der Waals surface area contributed by atoms with E-state index in [9.17, 15) is 0 Å². The molecule has 0 radical (unpaired) electrons. The molecule has 1 aliphatic carbocycles. The summed E-state index contributed by atoms with van der Waals surface area (Å²) in [6.07, 6.45) is 9.96. The van der Waals surface area contributed by atoms with E-state index >= 15 is 0 Å². The molecule has 0 spiro atoms. The van der Waals surface area contributed by atoms with Gasteiger partial charge in [-0.2, -0.15) is 0 Å². The summed E-state index contributed by atoms with van der Waals surface area (Å²) in [4.78, 5) is 2.37. The number of rotatable bonds is 5. The molecule has 47 heavy (non-hydrogen) atoms. The summed E-state index contributed by atoms with van der Waals surface area (Å²) in [5.41, 5.74) is 8.32. The predicted octanol–water partition coefficient (Wildman–Crippen LogP) is 12.5. The Bertz CT molecular complexity index is 2490. The van der Waals surface area contributed by atoms with Crippen LogP contribution in [0.5, 0.6) is 0 Å². The first-order valence-electron chi connectivity index (χ1n) is 16.4. The largest absolute Gasteiger partial charge is 0.330 e. The number of para-hydroxylation sites is 2. The highest BCUT2D eigenvalue weighted by Gasteiger charge is 2.29. The van der Waals surface area contributed by atoms with Crippen molar-refractivity contribution in [3.05, 3.63) is 176 Å². The second-order valence-electron chi connectivity index (χ2n) is 12.8. The number of fused-ring (bicyclic) bond motifs is 6. The van der Waals surface area contributed by atoms with Gasteiger partial charge in [-0.1, -0.05) is 133 Å². The molecule has 1 heterocycles. The van der Waals surface area contributed by atoms with Gasteiger partial charge in [-0.25, -0.2) is 0 Å². The minimum atomic E-state index is -0.148. The maximum absolute atomic E-state index is 2.58. The SMILES string of the molecule is CC1(n2c3ccccc3c3cc(-c4ccc(N(c5ccccc5)c5cccc6ccccc56)cc4)c4ccccc4c32)C=CC=CC1. The molecule has 2 nitrogen and oxygen atoms in total. The lowest BCUT2D eigenvalue weighted by Crippen LogP contribution is -2.27. The number of allylic oxidation sites excluding steroid dienone is 4. The fourth-order valence-electron chi connectivity index (χ4n) is 7.67. The Morgan fingerprint density at radius 1 is 0.553 bits per heavy atom. The van der Waals surface area contributed by atoms with E-state index in [0.717, 1.165) is 17.8 Å². The Morgan fingerprint density at radius 2 is 1.21 bits per heavy atom. The summed E-state index contributed by atoms with van der Waals surface area (Å²) in [6, 6.07) is 55.2. The number of hydrogen-bond donors (Lipinski definition) is 0. The topological polar surface area (TPSA) is 8.17 Å². The lowest BCUT2D eigenvalue weighted by atomic mass is 9.91. The van der Waals surface area contributed by atoms with Crippen LogP contribution in [0.4, 0.5) is 17.1 Å². The van der Waals surface area contributed by atoms with E-state index in [4.69, 9.17) is 0 Å². The summed E-state index contributed by atoms with van der Waals surface area (Å²) >= 11 is 0. The van der Waals surface area contributed by atoms with Gasteiger partial charge in [-0.3, -0.25) is 0 Å². The lowest BCUT2D eigenvalue weighted by Gasteiger charge is -2.31. The van der Waals surface area contributed by atoms with E-state index < -0.39 is 0 Å². The number of nitrogens with zero attached hydrogens (tertiary/aromatic N) is 2. The minimum absolute atomic E-state index is 0.148. The first kappa shape index (κ1) is 27.5. The lowest BCUT2D eigenvalue weighted by molar-refractivity contribution is 0.438. The van der Waals surface area contributed by atoms with Gasteiger partial charge in [0.2, 0.25) is 0 Å². The van der Waals surface area contributed by atoms with E-state index in [2.05, 4.69) is 192 Å². The maximum Gasteiger partial charge on any atom is 0.0643 e. The highest BCUT2D eigenvalue weighted by Crippen LogP contribution is 2.45. The van der Waals surface area contributed by atoms with Gasteiger partial charge in [0.05, 0.1) is 16.7 Å². The van der Waals surface area contributed by atoms with Crippen LogP contribution in [-0.4, -0.2) is 4.57 Å². The normalized spacial score (nSPS) is 16.0. The second-order valence-corrected chi connectivity index (χ2v) is 12.8. The molecule has 224 valence electrons. The Hall–Kier alpha value is -5.86. The van der Waals surface area contributed by atoms with Crippen LogP contribution in [0.3, 0.4) is 0 Å². The van der Waals surface area contributed by atoms with Crippen LogP contribution in [0.2, 0.25) is 0 Å². The molecule has 1 unspecified atom stereocenters. The van der Waals surface area contributed by atoms with Gasteiger partial charge < -0.3 is 9.47 Å². The van der Waals surface area contributed by atoms with Crippen molar-refractivity contribution in [3.63, 3.8) is 0 Å².